The molecule has 0 atom stereocenters. The molecule has 1 aromatic carbocycles. The van der Waals surface area contributed by atoms with E-state index in [-0.39, 0.29) is 14.9 Å². The molecule has 0 saturated heterocycles. The Hall–Kier alpha value is -2.45. The Bertz CT molecular complexity index is 1200. The predicted molar refractivity (Wildman–Crippen MR) is 104 cm³/mol. The van der Waals surface area contributed by atoms with Crippen molar-refractivity contribution in [2.75, 3.05) is 5.73 Å². The van der Waals surface area contributed by atoms with Crippen LogP contribution in [0.25, 0.3) is 22.2 Å². The average Bonchev–Trinajstić information content (AvgIpc) is 3.25. The number of nitrogens with two attached hydrogens (primary N) is 1. The molecule has 8 heteroatoms. The average molecular weight is 387 g/mol. The first-order valence-corrected chi connectivity index (χ1v) is 10.7. The fourth-order valence-electron chi connectivity index (χ4n) is 3.01. The standard InChI is InChI=1S/C18H18N4O2S2/c1-2-3-10-22-17(19)16(26(23,24)14-9-6-11-25-14)15-18(22)21-13-8-5-4-7-12(13)20-15/h4-9,11H,2-3,10,19H2,1H3. The van der Waals surface area contributed by atoms with Crippen LogP contribution in [0.2, 0.25) is 0 Å². The van der Waals surface area contributed by atoms with Crippen molar-refractivity contribution in [1.82, 2.24) is 14.5 Å². The van der Waals surface area contributed by atoms with E-state index in [1.54, 1.807) is 22.1 Å². The normalized spacial score (nSPS) is 12.2. The number of fused-ring (bicyclic) bond motifs is 2. The highest BCUT2D eigenvalue weighted by Crippen LogP contribution is 2.36. The zero-order valence-electron chi connectivity index (χ0n) is 14.2. The Balaban J connectivity index is 2.09. The number of thiophene rings is 1. The Morgan fingerprint density at radius 2 is 1.85 bits per heavy atom. The molecule has 0 unspecified atom stereocenters. The fraction of sp³-hybridized carbons (Fsp3) is 0.222. The number of aromatic nitrogens is 3. The fourth-order valence-corrected chi connectivity index (χ4v) is 5.62. The molecule has 4 rings (SSSR count). The molecular weight excluding hydrogens is 368 g/mol. The van der Waals surface area contributed by atoms with Gasteiger partial charge < -0.3 is 10.3 Å². The summed E-state index contributed by atoms with van der Waals surface area (Å²) < 4.78 is 28.4. The van der Waals surface area contributed by atoms with Crippen LogP contribution < -0.4 is 5.73 Å². The number of benzene rings is 1. The highest BCUT2D eigenvalue weighted by molar-refractivity contribution is 7.93. The lowest BCUT2D eigenvalue weighted by Crippen LogP contribution is -2.07. The monoisotopic (exact) mass is 386 g/mol. The molecule has 0 spiro atoms. The number of hydrogen-bond acceptors (Lipinski definition) is 6. The van der Waals surface area contributed by atoms with E-state index in [2.05, 4.69) is 16.9 Å². The molecule has 134 valence electrons. The van der Waals surface area contributed by atoms with E-state index in [1.807, 2.05) is 24.3 Å². The summed E-state index contributed by atoms with van der Waals surface area (Å²) in [7, 11) is -3.76. The van der Waals surface area contributed by atoms with Crippen LogP contribution in [-0.4, -0.2) is 23.0 Å². The number of hydrogen-bond donors (Lipinski definition) is 1. The Morgan fingerprint density at radius 3 is 2.50 bits per heavy atom. The molecule has 3 aromatic heterocycles. The van der Waals surface area contributed by atoms with Gasteiger partial charge in [-0.15, -0.1) is 11.3 Å². The number of para-hydroxylation sites is 2. The zero-order valence-corrected chi connectivity index (χ0v) is 15.8. The molecular formula is C18H18N4O2S2. The molecule has 2 N–H and O–H groups in total. The minimum absolute atomic E-state index is 0.0595. The van der Waals surface area contributed by atoms with Gasteiger partial charge in [0.2, 0.25) is 9.84 Å². The number of nitrogen functional groups attached to an aromatic ring is 1. The van der Waals surface area contributed by atoms with Gasteiger partial charge in [0.15, 0.2) is 5.65 Å². The molecule has 26 heavy (non-hydrogen) atoms. The summed E-state index contributed by atoms with van der Waals surface area (Å²) in [6.07, 6.45) is 1.84. The second kappa shape index (κ2) is 6.37. The third kappa shape index (κ3) is 2.57. The molecule has 6 nitrogen and oxygen atoms in total. The van der Waals surface area contributed by atoms with E-state index in [0.717, 1.165) is 18.4 Å². The summed E-state index contributed by atoms with van der Waals surface area (Å²) >= 11 is 1.17. The van der Waals surface area contributed by atoms with Crippen molar-refractivity contribution in [3.05, 3.63) is 41.8 Å². The molecule has 0 aliphatic heterocycles. The van der Waals surface area contributed by atoms with Crippen LogP contribution in [0.3, 0.4) is 0 Å². The van der Waals surface area contributed by atoms with Gasteiger partial charge in [-0.05, 0) is 30.0 Å². The molecule has 0 bridgehead atoms. The summed E-state index contributed by atoms with van der Waals surface area (Å²) in [5, 5.41) is 1.74. The number of aryl methyl sites for hydroxylation is 1. The smallest absolute Gasteiger partial charge is 0.221 e. The number of rotatable bonds is 5. The maximum absolute atomic E-state index is 13.2. The van der Waals surface area contributed by atoms with Crippen LogP contribution in [-0.2, 0) is 16.4 Å². The second-order valence-electron chi connectivity index (χ2n) is 6.04. The first-order chi connectivity index (χ1) is 12.5. The number of nitrogens with zero attached hydrogens (tertiary/aromatic N) is 3. The first-order valence-electron chi connectivity index (χ1n) is 8.37. The molecule has 0 aliphatic carbocycles. The highest BCUT2D eigenvalue weighted by Gasteiger charge is 2.30. The predicted octanol–water partition coefficient (Wildman–Crippen LogP) is 3.86. The zero-order chi connectivity index (χ0) is 18.3. The third-order valence-electron chi connectivity index (χ3n) is 4.31. The van der Waals surface area contributed by atoms with Gasteiger partial charge in [-0.2, -0.15) is 0 Å². The molecule has 4 aromatic rings. The van der Waals surface area contributed by atoms with Crippen LogP contribution in [0.15, 0.2) is 50.9 Å². The minimum atomic E-state index is -3.76. The van der Waals surface area contributed by atoms with E-state index >= 15 is 0 Å². The van der Waals surface area contributed by atoms with Gasteiger partial charge in [-0.25, -0.2) is 18.4 Å². The van der Waals surface area contributed by atoms with E-state index in [1.165, 1.54) is 11.3 Å². The van der Waals surface area contributed by atoms with Crippen LogP contribution in [0.1, 0.15) is 19.8 Å². The second-order valence-corrected chi connectivity index (χ2v) is 9.10. The van der Waals surface area contributed by atoms with E-state index < -0.39 is 9.84 Å². The van der Waals surface area contributed by atoms with Crippen molar-refractivity contribution in [3.63, 3.8) is 0 Å². The lowest BCUT2D eigenvalue weighted by Gasteiger charge is -2.06. The van der Waals surface area contributed by atoms with Gasteiger partial charge in [-0.3, -0.25) is 0 Å². The van der Waals surface area contributed by atoms with Crippen molar-refractivity contribution in [3.8, 4) is 0 Å². The van der Waals surface area contributed by atoms with Gasteiger partial charge in [0.1, 0.15) is 20.4 Å². The van der Waals surface area contributed by atoms with Gasteiger partial charge in [0, 0.05) is 6.54 Å². The maximum Gasteiger partial charge on any atom is 0.221 e. The Kier molecular flexibility index (Phi) is 4.16. The molecule has 0 aliphatic rings. The van der Waals surface area contributed by atoms with E-state index in [0.29, 0.717) is 23.2 Å². The molecule has 0 amide bonds. The minimum Gasteiger partial charge on any atom is -0.384 e. The summed E-state index contributed by atoms with van der Waals surface area (Å²) in [5.41, 5.74) is 8.54. The van der Waals surface area contributed by atoms with Crippen LogP contribution in [0.5, 0.6) is 0 Å². The van der Waals surface area contributed by atoms with Crippen LogP contribution >= 0.6 is 11.3 Å². The van der Waals surface area contributed by atoms with Gasteiger partial charge >= 0.3 is 0 Å². The summed E-state index contributed by atoms with van der Waals surface area (Å²) in [6, 6.07) is 10.7. The van der Waals surface area contributed by atoms with Crippen molar-refractivity contribution in [2.24, 2.45) is 0 Å². The largest absolute Gasteiger partial charge is 0.384 e. The quantitative estimate of drug-likeness (QED) is 0.562. The van der Waals surface area contributed by atoms with E-state index in [9.17, 15) is 8.42 Å². The summed E-state index contributed by atoms with van der Waals surface area (Å²) in [4.78, 5) is 9.33. The van der Waals surface area contributed by atoms with Gasteiger partial charge in [0.05, 0.1) is 11.0 Å². The lowest BCUT2D eigenvalue weighted by molar-refractivity contribution is 0.598. The van der Waals surface area contributed by atoms with Crippen molar-refractivity contribution in [1.29, 1.82) is 0 Å². The molecule has 0 saturated carbocycles. The number of unbranched alkanes of at least 4 members (excludes halogenated alkanes) is 1. The Labute approximate surface area is 155 Å². The molecule has 3 heterocycles. The van der Waals surface area contributed by atoms with E-state index in [4.69, 9.17) is 5.73 Å². The Morgan fingerprint density at radius 1 is 1.12 bits per heavy atom. The number of anilines is 1. The number of sulfone groups is 1. The SMILES string of the molecule is CCCCn1c(N)c(S(=O)(=O)c2cccs2)c2nc3ccccc3nc21. The topological polar surface area (TPSA) is 90.9 Å². The summed E-state index contributed by atoms with van der Waals surface area (Å²) in [5.74, 6) is 0.206. The highest BCUT2D eigenvalue weighted by atomic mass is 32.2. The van der Waals surface area contributed by atoms with Gasteiger partial charge in [-0.1, -0.05) is 31.5 Å². The molecule has 0 fully saturated rings. The van der Waals surface area contributed by atoms with Crippen molar-refractivity contribution < 1.29 is 8.42 Å². The van der Waals surface area contributed by atoms with Crippen molar-refractivity contribution >= 4 is 49.2 Å². The molecule has 0 radical (unpaired) electrons. The van der Waals surface area contributed by atoms with Crippen LogP contribution in [0.4, 0.5) is 5.82 Å². The summed E-state index contributed by atoms with van der Waals surface area (Å²) in [6.45, 7) is 2.68. The maximum atomic E-state index is 13.2. The van der Waals surface area contributed by atoms with Gasteiger partial charge in [0.25, 0.3) is 0 Å². The third-order valence-corrected chi connectivity index (χ3v) is 7.52. The van der Waals surface area contributed by atoms with Crippen LogP contribution in [0, 0.1) is 0 Å². The first kappa shape index (κ1) is 17.0. The van der Waals surface area contributed by atoms with Crippen molar-refractivity contribution in [2.45, 2.75) is 35.4 Å². The lowest BCUT2D eigenvalue weighted by atomic mass is 10.3.